The average Bonchev–Trinajstić information content (AvgIpc) is 3.34. The maximum Gasteiger partial charge on any atom is 0.292 e. The number of piperidine rings is 1. The van der Waals surface area contributed by atoms with Crippen molar-refractivity contribution in [2.75, 3.05) is 33.4 Å². The second-order valence-electron chi connectivity index (χ2n) is 10.8. The van der Waals surface area contributed by atoms with Gasteiger partial charge in [-0.05, 0) is 57.5 Å². The molecule has 3 aliphatic heterocycles. The minimum Gasteiger partial charge on any atom is -0.385 e. The molecule has 11 heteroatoms. The van der Waals surface area contributed by atoms with Gasteiger partial charge in [0.1, 0.15) is 6.10 Å². The summed E-state index contributed by atoms with van der Waals surface area (Å²) >= 11 is 0. The molecular formula is C23H40F2N6O3. The third kappa shape index (κ3) is 5.87. The Morgan fingerprint density at radius 3 is 2.71 bits per heavy atom. The summed E-state index contributed by atoms with van der Waals surface area (Å²) in [5.41, 5.74) is 6.49. The van der Waals surface area contributed by atoms with Crippen LogP contribution >= 0.6 is 0 Å². The van der Waals surface area contributed by atoms with Gasteiger partial charge < -0.3 is 20.6 Å². The van der Waals surface area contributed by atoms with Gasteiger partial charge in [-0.3, -0.25) is 14.5 Å². The van der Waals surface area contributed by atoms with Crippen LogP contribution in [0.1, 0.15) is 51.9 Å². The van der Waals surface area contributed by atoms with Gasteiger partial charge >= 0.3 is 0 Å². The van der Waals surface area contributed by atoms with Gasteiger partial charge in [0.05, 0.1) is 32.0 Å². The van der Waals surface area contributed by atoms with Crippen LogP contribution in [0.4, 0.5) is 8.78 Å². The summed E-state index contributed by atoms with van der Waals surface area (Å²) in [6.45, 7) is 2.51. The van der Waals surface area contributed by atoms with E-state index in [0.717, 1.165) is 37.3 Å². The van der Waals surface area contributed by atoms with Crippen LogP contribution in [0.15, 0.2) is 0 Å². The fourth-order valence-corrected chi connectivity index (χ4v) is 6.00. The SMILES string of the molecule is C[C@H](CC1NNCN1C)C1CCCC(NC(=O)C2CC(C(=O)N3CC(O)C(F)(F)C3)CCN2)C1. The van der Waals surface area contributed by atoms with Crippen LogP contribution in [0.5, 0.6) is 0 Å². The fourth-order valence-electron chi connectivity index (χ4n) is 6.00. The number of hydrazine groups is 1. The van der Waals surface area contributed by atoms with E-state index in [-0.39, 0.29) is 24.4 Å². The summed E-state index contributed by atoms with van der Waals surface area (Å²) in [6.07, 6.45) is 4.50. The fraction of sp³-hybridized carbons (Fsp3) is 0.913. The number of carbonyl (C=O) groups is 2. The van der Waals surface area contributed by atoms with Crippen LogP contribution < -0.4 is 21.5 Å². The first kappa shape index (κ1) is 25.7. The number of aliphatic hydroxyl groups excluding tert-OH is 1. The van der Waals surface area contributed by atoms with Crippen LogP contribution in [-0.2, 0) is 9.59 Å². The van der Waals surface area contributed by atoms with E-state index >= 15 is 0 Å². The first-order valence-corrected chi connectivity index (χ1v) is 12.7. The monoisotopic (exact) mass is 486 g/mol. The number of amides is 2. The molecule has 0 bridgehead atoms. The van der Waals surface area contributed by atoms with Gasteiger partial charge in [-0.15, -0.1) is 0 Å². The molecule has 0 radical (unpaired) electrons. The molecule has 0 aromatic carbocycles. The van der Waals surface area contributed by atoms with Gasteiger partial charge in [0.2, 0.25) is 11.8 Å². The third-order valence-electron chi connectivity index (χ3n) is 8.25. The molecule has 4 fully saturated rings. The van der Waals surface area contributed by atoms with E-state index in [1.807, 2.05) is 0 Å². The molecule has 4 aliphatic rings. The molecule has 6 unspecified atom stereocenters. The Bertz CT molecular complexity index is 743. The molecule has 2 amide bonds. The first-order valence-electron chi connectivity index (χ1n) is 12.7. The number of alkyl halides is 2. The zero-order chi connectivity index (χ0) is 24.5. The van der Waals surface area contributed by atoms with Crippen molar-refractivity contribution >= 4 is 11.8 Å². The molecule has 1 aliphatic carbocycles. The topological polar surface area (TPSA) is 109 Å². The number of carbonyl (C=O) groups excluding carboxylic acids is 2. The van der Waals surface area contributed by atoms with Gasteiger partial charge in [0.15, 0.2) is 0 Å². The van der Waals surface area contributed by atoms with Crippen molar-refractivity contribution < 1.29 is 23.5 Å². The molecule has 7 atom stereocenters. The van der Waals surface area contributed by atoms with E-state index in [1.54, 1.807) is 0 Å². The molecular weight excluding hydrogens is 446 g/mol. The smallest absolute Gasteiger partial charge is 0.292 e. The lowest BCUT2D eigenvalue weighted by Crippen LogP contribution is -2.54. The van der Waals surface area contributed by atoms with Crippen LogP contribution in [-0.4, -0.2) is 90.3 Å². The van der Waals surface area contributed by atoms with Crippen LogP contribution in [0, 0.1) is 17.8 Å². The lowest BCUT2D eigenvalue weighted by Gasteiger charge is -2.36. The molecule has 3 heterocycles. The van der Waals surface area contributed by atoms with Crippen molar-refractivity contribution in [2.24, 2.45) is 17.8 Å². The lowest BCUT2D eigenvalue weighted by molar-refractivity contribution is -0.138. The van der Waals surface area contributed by atoms with Crippen molar-refractivity contribution in [3.8, 4) is 0 Å². The van der Waals surface area contributed by atoms with E-state index in [1.165, 1.54) is 6.42 Å². The predicted octanol–water partition coefficient (Wildman–Crippen LogP) is 0.217. The van der Waals surface area contributed by atoms with Crippen LogP contribution in [0.25, 0.3) is 0 Å². The van der Waals surface area contributed by atoms with E-state index in [2.05, 4.69) is 40.4 Å². The minimum atomic E-state index is -3.27. The van der Waals surface area contributed by atoms with Gasteiger partial charge in [-0.2, -0.15) is 0 Å². The number of nitrogens with zero attached hydrogens (tertiary/aromatic N) is 2. The standard InChI is InChI=1S/C23H40F2N6O3/c1-14(8-20-29-27-13-30(20)2)15-4-3-5-17(9-15)28-21(33)18-10-16(6-7-26-18)22(34)31-11-19(32)23(24,25)12-31/h14-20,26-27,29,32H,3-13H2,1-2H3,(H,28,33)/t14-,15?,16?,17?,18?,19?,20?/m1/s1. The quantitative estimate of drug-likeness (QED) is 0.365. The number of aliphatic hydroxyl groups is 1. The number of hydrogen-bond acceptors (Lipinski definition) is 7. The maximum atomic E-state index is 13.7. The zero-order valence-corrected chi connectivity index (χ0v) is 20.2. The molecule has 0 spiro atoms. The highest BCUT2D eigenvalue weighted by Crippen LogP contribution is 2.34. The van der Waals surface area contributed by atoms with Crippen molar-refractivity contribution in [2.45, 2.75) is 82.1 Å². The van der Waals surface area contributed by atoms with E-state index in [4.69, 9.17) is 0 Å². The summed E-state index contributed by atoms with van der Waals surface area (Å²) in [4.78, 5) is 29.1. The van der Waals surface area contributed by atoms with Gasteiger partial charge in [0, 0.05) is 12.0 Å². The molecule has 0 aromatic rings. The molecule has 194 valence electrons. The van der Waals surface area contributed by atoms with Crippen LogP contribution in [0.3, 0.4) is 0 Å². The molecule has 34 heavy (non-hydrogen) atoms. The van der Waals surface area contributed by atoms with E-state index < -0.39 is 30.5 Å². The number of rotatable bonds is 6. The Hall–Kier alpha value is -1.40. The zero-order valence-electron chi connectivity index (χ0n) is 20.2. The van der Waals surface area contributed by atoms with Gasteiger partial charge in [-0.25, -0.2) is 19.6 Å². The molecule has 9 nitrogen and oxygen atoms in total. The first-order chi connectivity index (χ1) is 16.1. The Kier molecular flexibility index (Phi) is 8.08. The largest absolute Gasteiger partial charge is 0.385 e. The normalized spacial score (nSPS) is 37.5. The highest BCUT2D eigenvalue weighted by atomic mass is 19.3. The third-order valence-corrected chi connectivity index (χ3v) is 8.25. The highest BCUT2D eigenvalue weighted by molar-refractivity contribution is 5.85. The minimum absolute atomic E-state index is 0.107. The molecule has 0 aromatic heterocycles. The Morgan fingerprint density at radius 1 is 1.24 bits per heavy atom. The number of likely N-dealkylation sites (tertiary alicyclic amines) is 1. The Labute approximate surface area is 200 Å². The summed E-state index contributed by atoms with van der Waals surface area (Å²) in [7, 11) is 2.10. The summed E-state index contributed by atoms with van der Waals surface area (Å²) in [5.74, 6) is -3.17. The second-order valence-corrected chi connectivity index (χ2v) is 10.8. The van der Waals surface area contributed by atoms with Crippen molar-refractivity contribution in [1.82, 2.24) is 31.3 Å². The predicted molar refractivity (Wildman–Crippen MR) is 122 cm³/mol. The number of β-amino-alcohol motifs (C(OH)–C–C–N with tert-alkyl or cyclic N) is 1. The summed E-state index contributed by atoms with van der Waals surface area (Å²) in [6, 6.07) is -0.387. The van der Waals surface area contributed by atoms with Crippen molar-refractivity contribution in [3.05, 3.63) is 0 Å². The van der Waals surface area contributed by atoms with E-state index in [0.29, 0.717) is 37.4 Å². The van der Waals surface area contributed by atoms with Gasteiger partial charge in [-0.1, -0.05) is 19.8 Å². The summed E-state index contributed by atoms with van der Waals surface area (Å²) in [5, 5.41) is 15.9. The average molecular weight is 487 g/mol. The molecule has 3 saturated heterocycles. The van der Waals surface area contributed by atoms with Crippen molar-refractivity contribution in [1.29, 1.82) is 0 Å². The number of nitrogens with one attached hydrogen (secondary N) is 4. The number of hydrogen-bond donors (Lipinski definition) is 5. The van der Waals surface area contributed by atoms with Crippen LogP contribution in [0.2, 0.25) is 0 Å². The molecule has 4 rings (SSSR count). The Morgan fingerprint density at radius 2 is 2.03 bits per heavy atom. The number of halogens is 2. The second kappa shape index (κ2) is 10.7. The maximum absolute atomic E-state index is 13.7. The summed E-state index contributed by atoms with van der Waals surface area (Å²) < 4.78 is 27.3. The Balaban J connectivity index is 1.26. The molecule has 1 saturated carbocycles. The van der Waals surface area contributed by atoms with Crippen molar-refractivity contribution in [3.63, 3.8) is 0 Å². The van der Waals surface area contributed by atoms with Gasteiger partial charge in [0.25, 0.3) is 5.92 Å². The highest BCUT2D eigenvalue weighted by Gasteiger charge is 2.50. The van der Waals surface area contributed by atoms with E-state index in [9.17, 15) is 23.5 Å². The molecule has 5 N–H and O–H groups in total. The lowest BCUT2D eigenvalue weighted by atomic mass is 9.77.